The maximum Gasteiger partial charge on any atom is 0.293 e. The number of H-pyrrole nitrogens is 1. The fourth-order valence-corrected chi connectivity index (χ4v) is 4.48. The molecule has 9 nitrogen and oxygen atoms in total. The molecule has 0 fully saturated rings. The van der Waals surface area contributed by atoms with Gasteiger partial charge in [0.1, 0.15) is 11.9 Å². The van der Waals surface area contributed by atoms with E-state index in [2.05, 4.69) is 15.6 Å². The van der Waals surface area contributed by atoms with Crippen LogP contribution in [0.4, 0.5) is 10.1 Å². The lowest BCUT2D eigenvalue weighted by Crippen LogP contribution is -2.39. The molecular weight excluding hydrogens is 537 g/mol. The first-order valence-corrected chi connectivity index (χ1v) is 13.6. The van der Waals surface area contributed by atoms with E-state index < -0.39 is 6.10 Å². The van der Waals surface area contributed by atoms with Crippen molar-refractivity contribution in [3.05, 3.63) is 89.9 Å². The van der Waals surface area contributed by atoms with Crippen LogP contribution in [0.5, 0.6) is 0 Å². The van der Waals surface area contributed by atoms with Gasteiger partial charge in [-0.1, -0.05) is 42.5 Å². The average molecular weight is 576 g/mol. The minimum absolute atomic E-state index is 0.192. The van der Waals surface area contributed by atoms with Gasteiger partial charge in [0.15, 0.2) is 0 Å². The predicted molar refractivity (Wildman–Crippen MR) is 163 cm³/mol. The smallest absolute Gasteiger partial charge is 0.293 e. The van der Waals surface area contributed by atoms with Gasteiger partial charge in [-0.25, -0.2) is 4.39 Å². The van der Waals surface area contributed by atoms with Crippen LogP contribution >= 0.6 is 0 Å². The van der Waals surface area contributed by atoms with Crippen molar-refractivity contribution < 1.29 is 23.5 Å². The van der Waals surface area contributed by atoms with Crippen molar-refractivity contribution in [2.45, 2.75) is 32.4 Å². The summed E-state index contributed by atoms with van der Waals surface area (Å²) in [7, 11) is 3.65. The molecule has 4 aromatic rings. The maximum absolute atomic E-state index is 14.7. The Morgan fingerprint density at radius 2 is 1.86 bits per heavy atom. The fraction of sp³-hybridized carbons (Fsp3) is 0.281. The lowest BCUT2D eigenvalue weighted by Gasteiger charge is -2.25. The standard InChI is InChI=1S/C21H26FN3O3.C11H12N2O/c1-15(27)24-12-19(28-14-26)13-25(3)18-8-9-20(21(22)10-18)17-6-4-16(5-7-17)11-23-2;12-11(14)6-5-8-7-13-10-4-2-1-3-9(8)10/h4-10,14,19,23H,11-13H2,1-3H3,(H,24,27);1-4,7,13H,5-6H2,(H2,12,14). The molecule has 2 amide bonds. The number of amides is 2. The summed E-state index contributed by atoms with van der Waals surface area (Å²) in [5.74, 6) is -0.797. The summed E-state index contributed by atoms with van der Waals surface area (Å²) in [5.41, 5.74) is 10.5. The number of ether oxygens (including phenoxy) is 1. The number of aromatic nitrogens is 1. The van der Waals surface area contributed by atoms with Gasteiger partial charge in [0, 0.05) is 55.3 Å². The summed E-state index contributed by atoms with van der Waals surface area (Å²) in [6, 6.07) is 20.8. The zero-order chi connectivity index (χ0) is 30.5. The number of anilines is 1. The van der Waals surface area contributed by atoms with E-state index in [1.165, 1.54) is 18.4 Å². The number of carbonyl (C=O) groups is 3. The van der Waals surface area contributed by atoms with Crippen LogP contribution < -0.4 is 21.3 Å². The molecule has 0 spiro atoms. The van der Waals surface area contributed by atoms with Gasteiger partial charge in [0.05, 0.1) is 13.1 Å². The van der Waals surface area contributed by atoms with Gasteiger partial charge >= 0.3 is 0 Å². The molecule has 0 saturated heterocycles. The number of nitrogens with zero attached hydrogens (tertiary/aromatic N) is 1. The molecule has 10 heteroatoms. The van der Waals surface area contributed by atoms with Gasteiger partial charge in [0.25, 0.3) is 6.47 Å². The van der Waals surface area contributed by atoms with E-state index in [0.717, 1.165) is 28.8 Å². The van der Waals surface area contributed by atoms with Crippen molar-refractivity contribution in [2.24, 2.45) is 5.73 Å². The molecule has 4 rings (SSSR count). The summed E-state index contributed by atoms with van der Waals surface area (Å²) in [6.45, 7) is 3.01. The number of nitrogens with two attached hydrogens (primary N) is 1. The van der Waals surface area contributed by atoms with E-state index in [1.54, 1.807) is 18.0 Å². The molecule has 0 saturated carbocycles. The number of likely N-dealkylation sites (N-methyl/N-ethyl adjacent to an activating group) is 1. The van der Waals surface area contributed by atoms with E-state index in [0.29, 0.717) is 37.1 Å². The zero-order valence-corrected chi connectivity index (χ0v) is 24.2. The highest BCUT2D eigenvalue weighted by molar-refractivity contribution is 5.84. The van der Waals surface area contributed by atoms with Crippen molar-refractivity contribution in [1.82, 2.24) is 15.6 Å². The minimum Gasteiger partial charge on any atom is -0.461 e. The molecule has 3 aromatic carbocycles. The normalized spacial score (nSPS) is 11.2. The van der Waals surface area contributed by atoms with Crippen molar-refractivity contribution >= 4 is 34.9 Å². The first-order chi connectivity index (χ1) is 20.2. The number of halogens is 1. The number of aryl methyl sites for hydroxylation is 1. The summed E-state index contributed by atoms with van der Waals surface area (Å²) >= 11 is 0. The van der Waals surface area contributed by atoms with Crippen LogP contribution in [0.1, 0.15) is 24.5 Å². The SMILES string of the molecule is CNCc1ccc(-c2ccc(N(C)CC(CNC(C)=O)OC=O)cc2F)cc1.NC(=O)CCc1c[nH]c2ccccc12. The molecule has 1 atom stereocenters. The Morgan fingerprint density at radius 3 is 2.50 bits per heavy atom. The Morgan fingerprint density at radius 1 is 1.12 bits per heavy atom. The van der Waals surface area contributed by atoms with E-state index in [4.69, 9.17) is 10.5 Å². The summed E-state index contributed by atoms with van der Waals surface area (Å²) in [4.78, 5) is 37.3. The molecule has 1 aromatic heterocycles. The van der Waals surface area contributed by atoms with Gasteiger partial charge in [-0.2, -0.15) is 0 Å². The molecule has 1 heterocycles. The minimum atomic E-state index is -0.533. The largest absolute Gasteiger partial charge is 0.461 e. The van der Waals surface area contributed by atoms with Crippen molar-refractivity contribution in [1.29, 1.82) is 0 Å². The first-order valence-electron chi connectivity index (χ1n) is 13.6. The number of aromatic amines is 1. The monoisotopic (exact) mass is 575 g/mol. The van der Waals surface area contributed by atoms with Gasteiger partial charge in [-0.05, 0) is 54.4 Å². The third-order valence-corrected chi connectivity index (χ3v) is 6.66. The second kappa shape index (κ2) is 15.9. The molecule has 0 radical (unpaired) electrons. The maximum atomic E-state index is 14.7. The second-order valence-electron chi connectivity index (χ2n) is 9.89. The van der Waals surface area contributed by atoms with E-state index >= 15 is 0 Å². The molecular formula is C32H38FN5O4. The molecule has 0 aliphatic heterocycles. The second-order valence-corrected chi connectivity index (χ2v) is 9.89. The fourth-order valence-electron chi connectivity index (χ4n) is 4.48. The third-order valence-electron chi connectivity index (χ3n) is 6.66. The summed E-state index contributed by atoms with van der Waals surface area (Å²) < 4.78 is 19.7. The number of hydrogen-bond acceptors (Lipinski definition) is 6. The number of carbonyl (C=O) groups excluding carboxylic acids is 3. The highest BCUT2D eigenvalue weighted by Gasteiger charge is 2.15. The lowest BCUT2D eigenvalue weighted by atomic mass is 10.0. The van der Waals surface area contributed by atoms with Crippen molar-refractivity contribution in [3.63, 3.8) is 0 Å². The van der Waals surface area contributed by atoms with Gasteiger partial charge in [0.2, 0.25) is 11.8 Å². The number of hydrogen-bond donors (Lipinski definition) is 4. The highest BCUT2D eigenvalue weighted by Crippen LogP contribution is 2.27. The first kappa shape index (κ1) is 31.8. The number of benzene rings is 3. The Labute approximate surface area is 245 Å². The Kier molecular flexibility index (Phi) is 12.1. The average Bonchev–Trinajstić information content (AvgIpc) is 3.39. The van der Waals surface area contributed by atoms with Crippen LogP contribution in [0.15, 0.2) is 72.9 Å². The summed E-state index contributed by atoms with van der Waals surface area (Å²) in [6.07, 6.45) is 2.52. The highest BCUT2D eigenvalue weighted by atomic mass is 19.1. The molecule has 1 unspecified atom stereocenters. The van der Waals surface area contributed by atoms with Gasteiger partial charge in [-0.3, -0.25) is 14.4 Å². The lowest BCUT2D eigenvalue weighted by molar-refractivity contribution is -0.134. The van der Waals surface area contributed by atoms with E-state index in [-0.39, 0.29) is 24.2 Å². The van der Waals surface area contributed by atoms with Crippen LogP contribution in [0.3, 0.4) is 0 Å². The molecule has 0 aliphatic rings. The van der Waals surface area contributed by atoms with Crippen LogP contribution in [0.2, 0.25) is 0 Å². The summed E-state index contributed by atoms with van der Waals surface area (Å²) in [5, 5.41) is 6.87. The van der Waals surface area contributed by atoms with E-state index in [9.17, 15) is 18.8 Å². The van der Waals surface area contributed by atoms with Crippen molar-refractivity contribution in [3.8, 4) is 11.1 Å². The van der Waals surface area contributed by atoms with Crippen LogP contribution in [-0.2, 0) is 32.1 Å². The zero-order valence-electron chi connectivity index (χ0n) is 24.2. The van der Waals surface area contributed by atoms with Crippen LogP contribution in [-0.4, -0.2) is 56.6 Å². The molecule has 5 N–H and O–H groups in total. The Bertz CT molecular complexity index is 1470. The molecule has 0 aliphatic carbocycles. The van der Waals surface area contributed by atoms with Crippen LogP contribution in [0.25, 0.3) is 22.0 Å². The third kappa shape index (κ3) is 9.45. The van der Waals surface area contributed by atoms with Gasteiger partial charge in [-0.15, -0.1) is 0 Å². The van der Waals surface area contributed by atoms with Crippen LogP contribution in [0, 0.1) is 5.82 Å². The quantitative estimate of drug-likeness (QED) is 0.179. The Balaban J connectivity index is 0.000000287. The Hall–Kier alpha value is -4.70. The number of rotatable bonds is 13. The molecule has 222 valence electrons. The number of primary amides is 1. The predicted octanol–water partition coefficient (Wildman–Crippen LogP) is 3.91. The van der Waals surface area contributed by atoms with E-state index in [1.807, 2.05) is 67.8 Å². The topological polar surface area (TPSA) is 130 Å². The van der Waals surface area contributed by atoms with Gasteiger partial charge < -0.3 is 31.0 Å². The number of fused-ring (bicyclic) bond motifs is 1. The number of nitrogens with one attached hydrogen (secondary N) is 3. The molecule has 0 bridgehead atoms. The van der Waals surface area contributed by atoms with Crippen molar-refractivity contribution in [2.75, 3.05) is 32.1 Å². The number of para-hydroxylation sites is 1. The molecule has 42 heavy (non-hydrogen) atoms.